The second-order valence-electron chi connectivity index (χ2n) is 5.83. The van der Waals surface area contributed by atoms with E-state index in [2.05, 4.69) is 24.5 Å². The van der Waals surface area contributed by atoms with E-state index in [0.29, 0.717) is 12.0 Å². The van der Waals surface area contributed by atoms with E-state index >= 15 is 0 Å². The van der Waals surface area contributed by atoms with Gasteiger partial charge in [-0.05, 0) is 38.6 Å². The Morgan fingerprint density at radius 2 is 2.06 bits per heavy atom. The highest BCUT2D eigenvalue weighted by Crippen LogP contribution is 2.28. The smallest absolute Gasteiger partial charge is 0.227 e. The van der Waals surface area contributed by atoms with Gasteiger partial charge in [-0.2, -0.15) is 0 Å². The second kappa shape index (κ2) is 6.05. The van der Waals surface area contributed by atoms with E-state index in [9.17, 15) is 4.79 Å². The summed E-state index contributed by atoms with van der Waals surface area (Å²) in [7, 11) is 0. The van der Waals surface area contributed by atoms with Crippen molar-refractivity contribution in [3.05, 3.63) is 0 Å². The first-order valence-corrected chi connectivity index (χ1v) is 6.63. The molecule has 0 radical (unpaired) electrons. The topological polar surface area (TPSA) is 41.1 Å². The minimum atomic E-state index is -0.169. The van der Waals surface area contributed by atoms with Crippen LogP contribution in [0.5, 0.6) is 0 Å². The molecule has 2 N–H and O–H groups in total. The first kappa shape index (κ1) is 14.8. The van der Waals surface area contributed by atoms with Crippen molar-refractivity contribution in [3.8, 4) is 0 Å². The van der Waals surface area contributed by atoms with Crippen molar-refractivity contribution in [2.24, 2.45) is 11.3 Å². The SMILES string of the molecule is CC1CCCCC1NC(=O)C1(C)CCNC1.Cl. The van der Waals surface area contributed by atoms with Crippen LogP contribution in [0.25, 0.3) is 0 Å². The lowest BCUT2D eigenvalue weighted by atomic mass is 9.83. The van der Waals surface area contributed by atoms with E-state index in [-0.39, 0.29) is 23.7 Å². The first-order valence-electron chi connectivity index (χ1n) is 6.63. The molecule has 4 heteroatoms. The Bertz CT molecular complexity index is 264. The number of nitrogens with one attached hydrogen (secondary N) is 2. The number of carbonyl (C=O) groups excluding carboxylic acids is 1. The van der Waals surface area contributed by atoms with Gasteiger partial charge in [0.2, 0.25) is 5.91 Å². The summed E-state index contributed by atoms with van der Waals surface area (Å²) >= 11 is 0. The summed E-state index contributed by atoms with van der Waals surface area (Å²) in [5, 5.41) is 6.55. The Hall–Kier alpha value is -0.280. The molecule has 0 aromatic heterocycles. The van der Waals surface area contributed by atoms with Gasteiger partial charge in [0.25, 0.3) is 0 Å². The minimum absolute atomic E-state index is 0. The van der Waals surface area contributed by atoms with Crippen LogP contribution in [0.15, 0.2) is 0 Å². The molecule has 0 aromatic rings. The number of hydrogen-bond donors (Lipinski definition) is 2. The zero-order chi connectivity index (χ0) is 11.6. The average molecular weight is 261 g/mol. The van der Waals surface area contributed by atoms with Crippen LogP contribution in [0, 0.1) is 11.3 Å². The number of amides is 1. The first-order chi connectivity index (χ1) is 7.62. The molecule has 17 heavy (non-hydrogen) atoms. The van der Waals surface area contributed by atoms with Gasteiger partial charge in [-0.15, -0.1) is 12.4 Å². The van der Waals surface area contributed by atoms with E-state index in [1.807, 2.05) is 0 Å². The van der Waals surface area contributed by atoms with Gasteiger partial charge in [0, 0.05) is 12.6 Å². The molecule has 1 aliphatic carbocycles. The molecule has 1 aliphatic heterocycles. The molecule has 1 amide bonds. The van der Waals surface area contributed by atoms with Crippen LogP contribution < -0.4 is 10.6 Å². The molecular weight excluding hydrogens is 236 g/mol. The Morgan fingerprint density at radius 3 is 2.65 bits per heavy atom. The van der Waals surface area contributed by atoms with Gasteiger partial charge in [-0.3, -0.25) is 4.79 Å². The molecule has 100 valence electrons. The van der Waals surface area contributed by atoms with E-state index in [4.69, 9.17) is 0 Å². The third kappa shape index (κ3) is 3.35. The monoisotopic (exact) mass is 260 g/mol. The van der Waals surface area contributed by atoms with E-state index in [1.165, 1.54) is 19.3 Å². The standard InChI is InChI=1S/C13H24N2O.ClH/c1-10-5-3-4-6-11(10)15-12(16)13(2)7-8-14-9-13;/h10-11,14H,3-9H2,1-2H3,(H,15,16);1H. The summed E-state index contributed by atoms with van der Waals surface area (Å²) in [6, 6.07) is 0.415. The number of hydrogen-bond acceptors (Lipinski definition) is 2. The Balaban J connectivity index is 0.00000144. The highest BCUT2D eigenvalue weighted by Gasteiger charge is 2.37. The van der Waals surface area contributed by atoms with Crippen molar-refractivity contribution in [1.82, 2.24) is 10.6 Å². The molecule has 1 saturated heterocycles. The number of rotatable bonds is 2. The predicted octanol–water partition coefficient (Wildman–Crippen LogP) is 2.10. The van der Waals surface area contributed by atoms with E-state index in [1.54, 1.807) is 0 Å². The maximum Gasteiger partial charge on any atom is 0.227 e. The van der Waals surface area contributed by atoms with Crippen LogP contribution in [-0.4, -0.2) is 25.0 Å². The zero-order valence-corrected chi connectivity index (χ0v) is 11.7. The van der Waals surface area contributed by atoms with Gasteiger partial charge in [0.05, 0.1) is 5.41 Å². The number of carbonyl (C=O) groups is 1. The van der Waals surface area contributed by atoms with Crippen molar-refractivity contribution in [3.63, 3.8) is 0 Å². The maximum atomic E-state index is 12.2. The van der Waals surface area contributed by atoms with Crippen LogP contribution in [0.4, 0.5) is 0 Å². The molecule has 3 unspecified atom stereocenters. The molecule has 2 rings (SSSR count). The van der Waals surface area contributed by atoms with Crippen molar-refractivity contribution in [2.45, 2.75) is 52.0 Å². The largest absolute Gasteiger partial charge is 0.353 e. The summed E-state index contributed by atoms with van der Waals surface area (Å²) in [5.41, 5.74) is -0.169. The molecule has 3 nitrogen and oxygen atoms in total. The van der Waals surface area contributed by atoms with Crippen molar-refractivity contribution < 1.29 is 4.79 Å². The van der Waals surface area contributed by atoms with Gasteiger partial charge in [0.1, 0.15) is 0 Å². The van der Waals surface area contributed by atoms with Crippen molar-refractivity contribution >= 4 is 18.3 Å². The van der Waals surface area contributed by atoms with Crippen LogP contribution >= 0.6 is 12.4 Å². The molecule has 3 atom stereocenters. The lowest BCUT2D eigenvalue weighted by Gasteiger charge is -2.32. The molecule has 2 aliphatic rings. The van der Waals surface area contributed by atoms with Crippen LogP contribution in [-0.2, 0) is 4.79 Å². The molecular formula is C13H25ClN2O. The summed E-state index contributed by atoms with van der Waals surface area (Å²) in [6.07, 6.45) is 5.99. The molecule has 2 fully saturated rings. The second-order valence-corrected chi connectivity index (χ2v) is 5.83. The molecule has 1 heterocycles. The van der Waals surface area contributed by atoms with E-state index < -0.39 is 0 Å². The van der Waals surface area contributed by atoms with Crippen LogP contribution in [0.2, 0.25) is 0 Å². The summed E-state index contributed by atoms with van der Waals surface area (Å²) in [6.45, 7) is 6.15. The highest BCUT2D eigenvalue weighted by atomic mass is 35.5. The van der Waals surface area contributed by atoms with Crippen molar-refractivity contribution in [1.29, 1.82) is 0 Å². The van der Waals surface area contributed by atoms with Crippen LogP contribution in [0.1, 0.15) is 46.0 Å². The third-order valence-corrected chi connectivity index (χ3v) is 4.34. The lowest BCUT2D eigenvalue weighted by Crippen LogP contribution is -2.48. The Kier molecular flexibility index (Phi) is 5.26. The predicted molar refractivity (Wildman–Crippen MR) is 72.4 cm³/mol. The normalized spacial score (nSPS) is 37.3. The molecule has 0 aromatic carbocycles. The summed E-state index contributed by atoms with van der Waals surface area (Å²) in [5.74, 6) is 0.909. The van der Waals surface area contributed by atoms with Crippen molar-refractivity contribution in [2.75, 3.05) is 13.1 Å². The molecule has 1 saturated carbocycles. The zero-order valence-electron chi connectivity index (χ0n) is 10.9. The average Bonchev–Trinajstić information content (AvgIpc) is 2.70. The molecule has 0 bridgehead atoms. The van der Waals surface area contributed by atoms with Gasteiger partial charge in [-0.25, -0.2) is 0 Å². The summed E-state index contributed by atoms with van der Waals surface area (Å²) in [4.78, 5) is 12.2. The summed E-state index contributed by atoms with van der Waals surface area (Å²) < 4.78 is 0. The quantitative estimate of drug-likeness (QED) is 0.799. The maximum absolute atomic E-state index is 12.2. The Morgan fingerprint density at radius 1 is 1.35 bits per heavy atom. The Labute approximate surface area is 111 Å². The van der Waals surface area contributed by atoms with Gasteiger partial charge in [-0.1, -0.05) is 19.8 Å². The number of halogens is 1. The van der Waals surface area contributed by atoms with Gasteiger partial charge < -0.3 is 10.6 Å². The minimum Gasteiger partial charge on any atom is -0.353 e. The lowest BCUT2D eigenvalue weighted by molar-refractivity contribution is -0.130. The third-order valence-electron chi connectivity index (χ3n) is 4.34. The molecule has 0 spiro atoms. The fourth-order valence-corrected chi connectivity index (χ4v) is 2.88. The highest BCUT2D eigenvalue weighted by molar-refractivity contribution is 5.85. The fourth-order valence-electron chi connectivity index (χ4n) is 2.88. The fraction of sp³-hybridized carbons (Fsp3) is 0.923. The van der Waals surface area contributed by atoms with E-state index in [0.717, 1.165) is 25.9 Å². The van der Waals surface area contributed by atoms with Gasteiger partial charge in [0.15, 0.2) is 0 Å². The van der Waals surface area contributed by atoms with Gasteiger partial charge >= 0.3 is 0 Å². The van der Waals surface area contributed by atoms with Crippen LogP contribution in [0.3, 0.4) is 0 Å².